The number of benzene rings is 1. The summed E-state index contributed by atoms with van der Waals surface area (Å²) in [7, 11) is -3.08. The predicted octanol–water partition coefficient (Wildman–Crippen LogP) is 1.96. The van der Waals surface area contributed by atoms with Crippen molar-refractivity contribution in [3.05, 3.63) is 28.5 Å². The van der Waals surface area contributed by atoms with E-state index in [4.69, 9.17) is 0 Å². The maximum atomic E-state index is 12.9. The summed E-state index contributed by atoms with van der Waals surface area (Å²) in [5.41, 5.74) is 0.436. The molecule has 0 aromatic heterocycles. The van der Waals surface area contributed by atoms with E-state index < -0.39 is 21.6 Å². The Morgan fingerprint density at radius 2 is 2.17 bits per heavy atom. The van der Waals surface area contributed by atoms with E-state index in [1.54, 1.807) is 0 Å². The first kappa shape index (κ1) is 13.5. The van der Waals surface area contributed by atoms with Gasteiger partial charge >= 0.3 is 0 Å². The highest BCUT2D eigenvalue weighted by Crippen LogP contribution is 2.25. The fraction of sp³-hybridized carbons (Fsp3) is 0.364. The Morgan fingerprint density at radius 3 is 2.72 bits per heavy atom. The van der Waals surface area contributed by atoms with Crippen molar-refractivity contribution in [2.45, 2.75) is 6.42 Å². The zero-order valence-corrected chi connectivity index (χ0v) is 11.7. The highest BCUT2D eigenvalue weighted by Gasteiger charge is 2.33. The molecule has 1 N–H and O–H groups in total. The first-order chi connectivity index (χ1) is 8.37. The molecule has 0 aliphatic carbocycles. The van der Waals surface area contributed by atoms with Crippen LogP contribution in [0.1, 0.15) is 6.42 Å². The van der Waals surface area contributed by atoms with Crippen molar-refractivity contribution in [1.29, 1.82) is 0 Å². The van der Waals surface area contributed by atoms with Crippen molar-refractivity contribution in [1.82, 2.24) is 0 Å². The Kier molecular flexibility index (Phi) is 3.72. The first-order valence-corrected chi connectivity index (χ1v) is 7.95. The van der Waals surface area contributed by atoms with Gasteiger partial charge in [0.2, 0.25) is 5.91 Å². The van der Waals surface area contributed by atoms with E-state index in [9.17, 15) is 17.6 Å². The van der Waals surface area contributed by atoms with Crippen molar-refractivity contribution in [3.8, 4) is 0 Å². The van der Waals surface area contributed by atoms with E-state index >= 15 is 0 Å². The number of anilines is 1. The largest absolute Gasteiger partial charge is 0.325 e. The van der Waals surface area contributed by atoms with Gasteiger partial charge in [-0.1, -0.05) is 0 Å². The van der Waals surface area contributed by atoms with E-state index in [-0.39, 0.29) is 17.4 Å². The van der Waals surface area contributed by atoms with Gasteiger partial charge in [0.25, 0.3) is 0 Å². The number of hydrogen-bond acceptors (Lipinski definition) is 3. The Labute approximate surface area is 113 Å². The van der Waals surface area contributed by atoms with Crippen LogP contribution in [-0.2, 0) is 14.6 Å². The molecule has 1 unspecified atom stereocenters. The van der Waals surface area contributed by atoms with E-state index in [0.29, 0.717) is 16.6 Å². The van der Waals surface area contributed by atoms with Crippen LogP contribution in [0.4, 0.5) is 10.1 Å². The normalized spacial score (nSPS) is 21.8. The summed E-state index contributed by atoms with van der Waals surface area (Å²) in [6, 6.07) is 3.90. The molecule has 1 aromatic carbocycles. The second-order valence-electron chi connectivity index (χ2n) is 4.21. The third kappa shape index (κ3) is 3.08. The van der Waals surface area contributed by atoms with E-state index in [2.05, 4.69) is 21.2 Å². The van der Waals surface area contributed by atoms with Crippen LogP contribution in [0.3, 0.4) is 0 Å². The first-order valence-electron chi connectivity index (χ1n) is 5.34. The Hall–Kier alpha value is -0.950. The number of halogens is 2. The molecule has 1 aromatic rings. The molecular weight excluding hydrogens is 325 g/mol. The Bertz CT molecular complexity index is 588. The summed E-state index contributed by atoms with van der Waals surface area (Å²) >= 11 is 3.13. The number of hydrogen-bond donors (Lipinski definition) is 1. The van der Waals surface area contributed by atoms with Gasteiger partial charge in [-0.05, 0) is 40.5 Å². The molecular formula is C11H11BrFNO3S. The van der Waals surface area contributed by atoms with Gasteiger partial charge in [-0.25, -0.2) is 12.8 Å². The molecule has 18 heavy (non-hydrogen) atoms. The third-order valence-electron chi connectivity index (χ3n) is 2.79. The van der Waals surface area contributed by atoms with Crippen LogP contribution >= 0.6 is 15.9 Å². The molecule has 1 heterocycles. The van der Waals surface area contributed by atoms with Crippen molar-refractivity contribution >= 4 is 37.4 Å². The molecule has 1 aliphatic heterocycles. The van der Waals surface area contributed by atoms with Gasteiger partial charge in [-0.2, -0.15) is 0 Å². The molecule has 0 bridgehead atoms. The number of carbonyl (C=O) groups is 1. The molecule has 2 rings (SSSR count). The number of amides is 1. The molecule has 0 saturated carbocycles. The van der Waals surface area contributed by atoms with Crippen molar-refractivity contribution in [2.24, 2.45) is 5.92 Å². The van der Waals surface area contributed by atoms with Gasteiger partial charge in [-0.3, -0.25) is 4.79 Å². The average Bonchev–Trinajstić information content (AvgIpc) is 2.63. The Morgan fingerprint density at radius 1 is 1.44 bits per heavy atom. The lowest BCUT2D eigenvalue weighted by atomic mass is 10.1. The molecule has 7 heteroatoms. The van der Waals surface area contributed by atoms with Gasteiger partial charge in [0.05, 0.1) is 23.1 Å². The van der Waals surface area contributed by atoms with Gasteiger partial charge < -0.3 is 5.32 Å². The number of nitrogens with one attached hydrogen (secondary N) is 1. The SMILES string of the molecule is O=C(Nc1ccc(F)cc1Br)C1CCS(=O)(=O)C1. The molecule has 0 spiro atoms. The van der Waals surface area contributed by atoms with Crippen LogP contribution < -0.4 is 5.32 Å². The van der Waals surface area contributed by atoms with Gasteiger partial charge in [-0.15, -0.1) is 0 Å². The van der Waals surface area contributed by atoms with Crippen molar-refractivity contribution < 1.29 is 17.6 Å². The number of carbonyl (C=O) groups excluding carboxylic acids is 1. The summed E-state index contributed by atoms with van der Waals surface area (Å²) in [5.74, 6) is -1.34. The minimum atomic E-state index is -3.08. The minimum absolute atomic E-state index is 0.0513. The lowest BCUT2D eigenvalue weighted by molar-refractivity contribution is -0.119. The smallest absolute Gasteiger partial charge is 0.228 e. The molecule has 1 saturated heterocycles. The van der Waals surface area contributed by atoms with Crippen LogP contribution in [0.2, 0.25) is 0 Å². The minimum Gasteiger partial charge on any atom is -0.325 e. The van der Waals surface area contributed by atoms with Crippen LogP contribution in [0.25, 0.3) is 0 Å². The molecule has 1 aliphatic rings. The standard InChI is InChI=1S/C11H11BrFNO3S/c12-9-5-8(13)1-2-10(9)14-11(15)7-3-4-18(16,17)6-7/h1-2,5,7H,3-4,6H2,(H,14,15). The van der Waals surface area contributed by atoms with Gasteiger partial charge in [0.1, 0.15) is 5.82 Å². The second kappa shape index (κ2) is 4.97. The fourth-order valence-corrected chi connectivity index (χ4v) is 4.02. The van der Waals surface area contributed by atoms with Crippen LogP contribution in [0.15, 0.2) is 22.7 Å². The zero-order chi connectivity index (χ0) is 13.3. The summed E-state index contributed by atoms with van der Waals surface area (Å²) < 4.78 is 35.8. The van der Waals surface area contributed by atoms with E-state index in [1.807, 2.05) is 0 Å². The highest BCUT2D eigenvalue weighted by molar-refractivity contribution is 9.10. The summed E-state index contributed by atoms with van der Waals surface area (Å²) in [5, 5.41) is 2.60. The molecule has 1 fully saturated rings. The third-order valence-corrected chi connectivity index (χ3v) is 5.22. The summed E-state index contributed by atoms with van der Waals surface area (Å²) in [6.45, 7) is 0. The molecule has 98 valence electrons. The molecule has 4 nitrogen and oxygen atoms in total. The average molecular weight is 336 g/mol. The lowest BCUT2D eigenvalue weighted by Gasteiger charge is -2.10. The van der Waals surface area contributed by atoms with E-state index in [0.717, 1.165) is 0 Å². The van der Waals surface area contributed by atoms with Gasteiger partial charge in [0, 0.05) is 4.47 Å². The quantitative estimate of drug-likeness (QED) is 0.898. The number of sulfone groups is 1. The van der Waals surface area contributed by atoms with Crippen molar-refractivity contribution in [2.75, 3.05) is 16.8 Å². The van der Waals surface area contributed by atoms with Crippen molar-refractivity contribution in [3.63, 3.8) is 0 Å². The molecule has 1 amide bonds. The Balaban J connectivity index is 2.08. The second-order valence-corrected chi connectivity index (χ2v) is 7.30. The van der Waals surface area contributed by atoms with Crippen LogP contribution in [0, 0.1) is 11.7 Å². The van der Waals surface area contributed by atoms with Crippen LogP contribution in [-0.4, -0.2) is 25.8 Å². The van der Waals surface area contributed by atoms with E-state index in [1.165, 1.54) is 18.2 Å². The monoisotopic (exact) mass is 335 g/mol. The van der Waals surface area contributed by atoms with Gasteiger partial charge in [0.15, 0.2) is 9.84 Å². The topological polar surface area (TPSA) is 63.2 Å². The van der Waals surface area contributed by atoms with Crippen LogP contribution in [0.5, 0.6) is 0 Å². The summed E-state index contributed by atoms with van der Waals surface area (Å²) in [6.07, 6.45) is 0.340. The molecule has 0 radical (unpaired) electrons. The highest BCUT2D eigenvalue weighted by atomic mass is 79.9. The zero-order valence-electron chi connectivity index (χ0n) is 9.32. The maximum absolute atomic E-state index is 12.9. The lowest BCUT2D eigenvalue weighted by Crippen LogP contribution is -2.23. The summed E-state index contributed by atoms with van der Waals surface area (Å²) in [4.78, 5) is 11.8. The predicted molar refractivity (Wildman–Crippen MR) is 69.5 cm³/mol. The number of rotatable bonds is 2. The molecule has 1 atom stereocenters. The fourth-order valence-electron chi connectivity index (χ4n) is 1.83. The maximum Gasteiger partial charge on any atom is 0.228 e.